The van der Waals surface area contributed by atoms with E-state index in [1.54, 1.807) is 40.8 Å². The maximum Gasteiger partial charge on any atom is 0.261 e. The maximum atomic E-state index is 13.5. The van der Waals surface area contributed by atoms with Gasteiger partial charge in [-0.25, -0.2) is 4.98 Å². The first-order chi connectivity index (χ1) is 15.5. The highest BCUT2D eigenvalue weighted by Gasteiger charge is 2.27. The minimum atomic E-state index is -0.429. The fourth-order valence-corrected chi connectivity index (χ4v) is 3.95. The average molecular weight is 437 g/mol. The molecule has 0 fully saturated rings. The van der Waals surface area contributed by atoms with E-state index in [2.05, 4.69) is 0 Å². The Balaban J connectivity index is 1.76. The van der Waals surface area contributed by atoms with Crippen LogP contribution in [-0.2, 0) is 11.3 Å². The molecule has 0 saturated carbocycles. The molecule has 0 saturated heterocycles. The maximum absolute atomic E-state index is 13.5. The Bertz CT molecular complexity index is 1190. The Hall–Kier alpha value is -3.39. The third-order valence-corrected chi connectivity index (χ3v) is 5.60. The number of fused-ring (bicyclic) bond motifs is 2. The number of carbonyl (C=O) groups is 1. The molecule has 4 rings (SSSR count). The first-order valence-corrected chi connectivity index (χ1v) is 10.7. The summed E-state index contributed by atoms with van der Waals surface area (Å²) in [7, 11) is 1.59. The standard InChI is InChI=1S/C24H27N3O5/c1-4-11-26(23(28)17-9-10-20-21(14-17)32-15-31-20)16(2)22-25-19-8-6-5-7-18(19)24(29)27(22)12-13-30-3/h5-10,14,16H,4,11-13,15H2,1-3H3. The van der Waals surface area contributed by atoms with Crippen molar-refractivity contribution in [2.45, 2.75) is 32.9 Å². The van der Waals surface area contributed by atoms with Gasteiger partial charge in [0, 0.05) is 19.2 Å². The molecule has 1 unspecified atom stereocenters. The molecule has 0 N–H and O–H groups in total. The highest BCUT2D eigenvalue weighted by molar-refractivity contribution is 5.95. The lowest BCUT2D eigenvalue weighted by Crippen LogP contribution is -2.38. The highest BCUT2D eigenvalue weighted by atomic mass is 16.7. The molecule has 168 valence electrons. The van der Waals surface area contributed by atoms with Gasteiger partial charge in [-0.2, -0.15) is 0 Å². The lowest BCUT2D eigenvalue weighted by atomic mass is 10.1. The number of hydrogen-bond acceptors (Lipinski definition) is 6. The van der Waals surface area contributed by atoms with Gasteiger partial charge in [0.15, 0.2) is 11.5 Å². The topological polar surface area (TPSA) is 82.9 Å². The van der Waals surface area contributed by atoms with E-state index >= 15 is 0 Å². The second kappa shape index (κ2) is 9.40. The molecule has 8 nitrogen and oxygen atoms in total. The fraction of sp³-hybridized carbons (Fsp3) is 0.375. The molecule has 2 aromatic carbocycles. The van der Waals surface area contributed by atoms with Crippen LogP contribution in [0.5, 0.6) is 11.5 Å². The van der Waals surface area contributed by atoms with Crippen LogP contribution in [0.3, 0.4) is 0 Å². The van der Waals surface area contributed by atoms with Gasteiger partial charge in [0.05, 0.1) is 30.1 Å². The second-order valence-corrected chi connectivity index (χ2v) is 7.68. The number of nitrogens with zero attached hydrogens (tertiary/aromatic N) is 3. The number of hydrogen-bond donors (Lipinski definition) is 0. The average Bonchev–Trinajstić information content (AvgIpc) is 3.29. The van der Waals surface area contributed by atoms with E-state index in [1.165, 1.54) is 0 Å². The summed E-state index contributed by atoms with van der Waals surface area (Å²) >= 11 is 0. The first kappa shape index (κ1) is 21.8. The molecule has 2 heterocycles. The molecule has 0 spiro atoms. The van der Waals surface area contributed by atoms with E-state index in [0.717, 1.165) is 6.42 Å². The van der Waals surface area contributed by atoms with Crippen LogP contribution in [0.25, 0.3) is 10.9 Å². The lowest BCUT2D eigenvalue weighted by molar-refractivity contribution is 0.0677. The van der Waals surface area contributed by atoms with Crippen molar-refractivity contribution in [3.8, 4) is 11.5 Å². The van der Waals surface area contributed by atoms with E-state index in [0.29, 0.717) is 53.5 Å². The Labute approximate surface area is 186 Å². The van der Waals surface area contributed by atoms with Crippen LogP contribution in [0.2, 0.25) is 0 Å². The van der Waals surface area contributed by atoms with Crippen molar-refractivity contribution in [3.63, 3.8) is 0 Å². The van der Waals surface area contributed by atoms with E-state index in [4.69, 9.17) is 19.2 Å². The van der Waals surface area contributed by atoms with Gasteiger partial charge in [-0.1, -0.05) is 19.1 Å². The van der Waals surface area contributed by atoms with Gasteiger partial charge in [-0.3, -0.25) is 14.2 Å². The van der Waals surface area contributed by atoms with Crippen LogP contribution in [0, 0.1) is 0 Å². The number of aromatic nitrogens is 2. The highest BCUT2D eigenvalue weighted by Crippen LogP contribution is 2.33. The van der Waals surface area contributed by atoms with Crippen molar-refractivity contribution in [2.24, 2.45) is 0 Å². The van der Waals surface area contributed by atoms with E-state index in [1.807, 2.05) is 32.0 Å². The largest absolute Gasteiger partial charge is 0.454 e. The third kappa shape index (κ3) is 4.05. The fourth-order valence-electron chi connectivity index (χ4n) is 3.95. The summed E-state index contributed by atoms with van der Waals surface area (Å²) in [4.78, 5) is 33.3. The molecule has 32 heavy (non-hydrogen) atoms. The van der Waals surface area contributed by atoms with Gasteiger partial charge < -0.3 is 19.1 Å². The van der Waals surface area contributed by atoms with Crippen molar-refractivity contribution in [1.82, 2.24) is 14.5 Å². The van der Waals surface area contributed by atoms with E-state index in [-0.39, 0.29) is 18.3 Å². The molecule has 0 aliphatic carbocycles. The summed E-state index contributed by atoms with van der Waals surface area (Å²) in [5, 5.41) is 0.545. The van der Waals surface area contributed by atoms with Gasteiger partial charge >= 0.3 is 0 Å². The molecular weight excluding hydrogens is 410 g/mol. The molecule has 3 aromatic rings. The van der Waals surface area contributed by atoms with Gasteiger partial charge in [-0.05, 0) is 43.7 Å². The summed E-state index contributed by atoms with van der Waals surface area (Å²) in [5.41, 5.74) is 0.975. The Morgan fingerprint density at radius 2 is 2.00 bits per heavy atom. The SMILES string of the molecule is CCCN(C(=O)c1ccc2c(c1)OCO2)C(C)c1nc2ccccc2c(=O)n1CCOC. The van der Waals surface area contributed by atoms with Crippen LogP contribution >= 0.6 is 0 Å². The molecule has 0 radical (unpaired) electrons. The third-order valence-electron chi connectivity index (χ3n) is 5.60. The summed E-state index contributed by atoms with van der Waals surface area (Å²) in [6, 6.07) is 12.0. The number of rotatable bonds is 8. The van der Waals surface area contributed by atoms with Gasteiger partial charge in [0.1, 0.15) is 5.82 Å². The van der Waals surface area contributed by atoms with Gasteiger partial charge in [0.25, 0.3) is 11.5 Å². The molecular formula is C24H27N3O5. The van der Waals surface area contributed by atoms with Crippen molar-refractivity contribution >= 4 is 16.8 Å². The second-order valence-electron chi connectivity index (χ2n) is 7.68. The van der Waals surface area contributed by atoms with Crippen molar-refractivity contribution in [3.05, 3.63) is 64.2 Å². The summed E-state index contributed by atoms with van der Waals surface area (Å²) in [5.74, 6) is 1.56. The summed E-state index contributed by atoms with van der Waals surface area (Å²) in [6.07, 6.45) is 0.760. The monoisotopic (exact) mass is 437 g/mol. The predicted molar refractivity (Wildman–Crippen MR) is 120 cm³/mol. The zero-order valence-electron chi connectivity index (χ0n) is 18.5. The summed E-state index contributed by atoms with van der Waals surface area (Å²) < 4.78 is 17.6. The van der Waals surface area contributed by atoms with Crippen molar-refractivity contribution in [2.75, 3.05) is 27.1 Å². The first-order valence-electron chi connectivity index (χ1n) is 10.7. The number of ether oxygens (including phenoxy) is 3. The smallest absolute Gasteiger partial charge is 0.261 e. The van der Waals surface area contributed by atoms with E-state index in [9.17, 15) is 9.59 Å². The van der Waals surface area contributed by atoms with Crippen LogP contribution in [0.1, 0.15) is 42.5 Å². The van der Waals surface area contributed by atoms with Gasteiger partial charge in [-0.15, -0.1) is 0 Å². The zero-order chi connectivity index (χ0) is 22.7. The van der Waals surface area contributed by atoms with E-state index < -0.39 is 6.04 Å². The normalized spacial score (nSPS) is 13.3. The molecule has 1 amide bonds. The van der Waals surface area contributed by atoms with Crippen molar-refractivity contribution in [1.29, 1.82) is 0 Å². The molecule has 1 aliphatic heterocycles. The number of para-hydroxylation sites is 1. The number of benzene rings is 2. The molecule has 8 heteroatoms. The predicted octanol–water partition coefficient (Wildman–Crippen LogP) is 3.39. The Kier molecular flexibility index (Phi) is 6.41. The van der Waals surface area contributed by atoms with Crippen LogP contribution in [0.15, 0.2) is 47.3 Å². The summed E-state index contributed by atoms with van der Waals surface area (Å²) in [6.45, 7) is 5.30. The van der Waals surface area contributed by atoms with Crippen LogP contribution in [0.4, 0.5) is 0 Å². The Morgan fingerprint density at radius 3 is 2.78 bits per heavy atom. The molecule has 1 aliphatic rings. The van der Waals surface area contributed by atoms with Crippen LogP contribution in [-0.4, -0.2) is 47.4 Å². The molecule has 1 atom stereocenters. The quantitative estimate of drug-likeness (QED) is 0.537. The minimum absolute atomic E-state index is 0.138. The van der Waals surface area contributed by atoms with Crippen LogP contribution < -0.4 is 15.0 Å². The number of methoxy groups -OCH3 is 1. The lowest BCUT2D eigenvalue weighted by Gasteiger charge is -2.30. The minimum Gasteiger partial charge on any atom is -0.454 e. The number of amides is 1. The molecule has 0 bridgehead atoms. The molecule has 1 aromatic heterocycles. The van der Waals surface area contributed by atoms with Crippen molar-refractivity contribution < 1.29 is 19.0 Å². The Morgan fingerprint density at radius 1 is 1.22 bits per heavy atom. The number of carbonyl (C=O) groups excluding carboxylic acids is 1. The zero-order valence-corrected chi connectivity index (χ0v) is 18.5. The van der Waals surface area contributed by atoms with Gasteiger partial charge in [0.2, 0.25) is 6.79 Å².